The molecule has 0 aromatic heterocycles. The molecule has 4 nitrogen and oxygen atoms in total. The third-order valence-electron chi connectivity index (χ3n) is 3.56. The number of carbonyl (C=O) groups is 1. The minimum atomic E-state index is -0.403. The van der Waals surface area contributed by atoms with Gasteiger partial charge in [0.1, 0.15) is 5.82 Å². The number of nitrogens with one attached hydrogen (secondary N) is 2. The molecule has 6 heteroatoms. The van der Waals surface area contributed by atoms with Crippen molar-refractivity contribution in [2.24, 2.45) is 5.92 Å². The molecule has 0 bridgehead atoms. The van der Waals surface area contributed by atoms with Crippen LogP contribution in [0, 0.1) is 11.7 Å². The Bertz CT molecular complexity index is 681. The predicted octanol–water partition coefficient (Wildman–Crippen LogP) is 3.16. The smallest absolute Gasteiger partial charge is 0.338 e. The molecular weight excluding hydrogens is 327 g/mol. The third kappa shape index (κ3) is 4.41. The quantitative estimate of drug-likeness (QED) is 0.632. The van der Waals surface area contributed by atoms with E-state index in [9.17, 15) is 9.18 Å². The fourth-order valence-electron chi connectivity index (χ4n) is 2.43. The zero-order valence-electron chi connectivity index (χ0n) is 13.9. The highest BCUT2D eigenvalue weighted by molar-refractivity contribution is 7.80. The highest BCUT2D eigenvalue weighted by atomic mass is 32.1. The summed E-state index contributed by atoms with van der Waals surface area (Å²) >= 11 is 5.24. The van der Waals surface area contributed by atoms with Gasteiger partial charge in [0.05, 0.1) is 18.2 Å². The fourth-order valence-corrected chi connectivity index (χ4v) is 2.67. The molecule has 1 atom stereocenters. The molecule has 24 heavy (non-hydrogen) atoms. The zero-order valence-corrected chi connectivity index (χ0v) is 14.7. The van der Waals surface area contributed by atoms with E-state index >= 15 is 0 Å². The fraction of sp³-hybridized carbons (Fsp3) is 0.333. The van der Waals surface area contributed by atoms with E-state index in [4.69, 9.17) is 17.0 Å². The van der Waals surface area contributed by atoms with Crippen LogP contribution in [0.5, 0.6) is 0 Å². The summed E-state index contributed by atoms with van der Waals surface area (Å²) in [6, 6.07) is 5.72. The van der Waals surface area contributed by atoms with Gasteiger partial charge in [0.2, 0.25) is 0 Å². The van der Waals surface area contributed by atoms with Gasteiger partial charge in [-0.05, 0) is 42.8 Å². The lowest BCUT2D eigenvalue weighted by atomic mass is 9.95. The van der Waals surface area contributed by atoms with Gasteiger partial charge in [-0.25, -0.2) is 9.18 Å². The molecule has 0 amide bonds. The van der Waals surface area contributed by atoms with Gasteiger partial charge in [-0.2, -0.15) is 0 Å². The molecule has 1 aliphatic rings. The van der Waals surface area contributed by atoms with Gasteiger partial charge in [-0.3, -0.25) is 0 Å². The van der Waals surface area contributed by atoms with Crippen molar-refractivity contribution >= 4 is 29.4 Å². The first-order valence-electron chi connectivity index (χ1n) is 7.84. The normalized spacial score (nSPS) is 17.9. The van der Waals surface area contributed by atoms with E-state index in [2.05, 4.69) is 10.6 Å². The van der Waals surface area contributed by atoms with Crippen LogP contribution in [0.2, 0.25) is 0 Å². The second kappa shape index (κ2) is 8.06. The van der Waals surface area contributed by atoms with Crippen LogP contribution in [-0.2, 0) is 9.53 Å². The highest BCUT2D eigenvalue weighted by Crippen LogP contribution is 2.22. The number of ether oxygens (including phenoxy) is 1. The van der Waals surface area contributed by atoms with Crippen LogP contribution in [0.4, 0.5) is 4.39 Å². The van der Waals surface area contributed by atoms with Crippen LogP contribution >= 0.6 is 12.2 Å². The summed E-state index contributed by atoms with van der Waals surface area (Å²) in [5, 5.41) is 6.59. The molecular formula is C18H21FN2O2S. The zero-order chi connectivity index (χ0) is 17.7. The lowest BCUT2D eigenvalue weighted by Crippen LogP contribution is -2.50. The Balaban J connectivity index is 2.36. The van der Waals surface area contributed by atoms with Crippen LogP contribution in [0.25, 0.3) is 6.08 Å². The Morgan fingerprint density at radius 1 is 1.38 bits per heavy atom. The van der Waals surface area contributed by atoms with E-state index in [0.29, 0.717) is 17.3 Å². The number of rotatable bonds is 5. The molecule has 0 unspecified atom stereocenters. The summed E-state index contributed by atoms with van der Waals surface area (Å²) in [7, 11) is 0. The van der Waals surface area contributed by atoms with E-state index in [1.165, 1.54) is 12.1 Å². The van der Waals surface area contributed by atoms with Crippen molar-refractivity contribution in [3.8, 4) is 0 Å². The second-order valence-corrected chi connectivity index (χ2v) is 6.10. The second-order valence-electron chi connectivity index (χ2n) is 5.69. The summed E-state index contributed by atoms with van der Waals surface area (Å²) in [5.41, 5.74) is 2.10. The average molecular weight is 348 g/mol. The molecule has 1 aromatic rings. The van der Waals surface area contributed by atoms with Crippen molar-refractivity contribution in [2.45, 2.75) is 26.8 Å². The Kier molecular flexibility index (Phi) is 6.09. The molecule has 0 fully saturated rings. The average Bonchev–Trinajstić information content (AvgIpc) is 2.53. The van der Waals surface area contributed by atoms with Gasteiger partial charge in [0, 0.05) is 5.70 Å². The van der Waals surface area contributed by atoms with Gasteiger partial charge < -0.3 is 15.4 Å². The molecule has 0 spiro atoms. The maximum Gasteiger partial charge on any atom is 0.338 e. The van der Waals surface area contributed by atoms with Crippen molar-refractivity contribution in [1.29, 1.82) is 0 Å². The van der Waals surface area contributed by atoms with Crippen molar-refractivity contribution < 1.29 is 13.9 Å². The first-order valence-corrected chi connectivity index (χ1v) is 8.25. The van der Waals surface area contributed by atoms with Crippen molar-refractivity contribution in [1.82, 2.24) is 10.6 Å². The van der Waals surface area contributed by atoms with Gasteiger partial charge in [-0.1, -0.05) is 38.1 Å². The molecule has 128 valence electrons. The molecule has 0 saturated carbocycles. The topological polar surface area (TPSA) is 50.4 Å². The van der Waals surface area contributed by atoms with E-state index in [0.717, 1.165) is 11.3 Å². The maximum atomic E-state index is 13.0. The maximum absolute atomic E-state index is 13.0. The number of halogens is 1. The number of thiocarbonyl (C=S) groups is 1. The van der Waals surface area contributed by atoms with Crippen LogP contribution in [0.1, 0.15) is 26.3 Å². The molecule has 2 rings (SSSR count). The Labute approximate surface area is 146 Å². The predicted molar refractivity (Wildman–Crippen MR) is 96.6 cm³/mol. The first-order chi connectivity index (χ1) is 11.4. The van der Waals surface area contributed by atoms with E-state index in [1.807, 2.05) is 26.0 Å². The van der Waals surface area contributed by atoms with Gasteiger partial charge in [0.15, 0.2) is 5.11 Å². The van der Waals surface area contributed by atoms with Crippen LogP contribution in [0.3, 0.4) is 0 Å². The molecule has 1 heterocycles. The van der Waals surface area contributed by atoms with Crippen LogP contribution in [0.15, 0.2) is 41.6 Å². The number of benzene rings is 1. The summed E-state index contributed by atoms with van der Waals surface area (Å²) in [6.45, 7) is 6.03. The van der Waals surface area contributed by atoms with Gasteiger partial charge >= 0.3 is 5.97 Å². The molecule has 2 N–H and O–H groups in total. The summed E-state index contributed by atoms with van der Waals surface area (Å²) < 4.78 is 18.2. The van der Waals surface area contributed by atoms with Crippen molar-refractivity contribution in [2.75, 3.05) is 6.61 Å². The Morgan fingerprint density at radius 3 is 2.62 bits per heavy atom. The standard InChI is InChI=1S/C18H21FN2O2S/c1-4-23-17(22)15-14(20-18(24)21-16(15)11(2)3)10-7-12-5-8-13(19)9-6-12/h5-11,14H,4H2,1-3H3,(H2,20,21,24)/b10-7+/t14-/m0/s1. The van der Waals surface area contributed by atoms with Gasteiger partial charge in [0.25, 0.3) is 0 Å². The van der Waals surface area contributed by atoms with Crippen molar-refractivity contribution in [3.63, 3.8) is 0 Å². The van der Waals surface area contributed by atoms with Crippen LogP contribution in [-0.4, -0.2) is 23.7 Å². The van der Waals surface area contributed by atoms with Crippen molar-refractivity contribution in [3.05, 3.63) is 53.0 Å². The number of esters is 1. The lowest BCUT2D eigenvalue weighted by Gasteiger charge is -2.30. The molecule has 1 aromatic carbocycles. The number of hydrogen-bond acceptors (Lipinski definition) is 3. The third-order valence-corrected chi connectivity index (χ3v) is 3.78. The SMILES string of the molecule is CCOC(=O)C1=C(C(C)C)NC(=S)N[C@H]1/C=C/c1ccc(F)cc1. The first kappa shape index (κ1) is 18.1. The Morgan fingerprint density at radius 2 is 2.04 bits per heavy atom. The summed E-state index contributed by atoms with van der Waals surface area (Å²) in [4.78, 5) is 12.4. The van der Waals surface area contributed by atoms with Gasteiger partial charge in [-0.15, -0.1) is 0 Å². The van der Waals surface area contributed by atoms with E-state index in [-0.39, 0.29) is 17.7 Å². The summed E-state index contributed by atoms with van der Waals surface area (Å²) in [6.07, 6.45) is 3.65. The Hall–Kier alpha value is -2.21. The molecule has 0 saturated heterocycles. The highest BCUT2D eigenvalue weighted by Gasteiger charge is 2.30. The lowest BCUT2D eigenvalue weighted by molar-refractivity contribution is -0.138. The minimum absolute atomic E-state index is 0.0891. The van der Waals surface area contributed by atoms with E-state index in [1.54, 1.807) is 19.1 Å². The van der Waals surface area contributed by atoms with E-state index < -0.39 is 6.04 Å². The molecule has 0 radical (unpaired) electrons. The molecule has 1 aliphatic heterocycles. The largest absolute Gasteiger partial charge is 0.463 e. The number of hydrogen-bond donors (Lipinski definition) is 2. The minimum Gasteiger partial charge on any atom is -0.463 e. The van der Waals surface area contributed by atoms with Crippen LogP contribution < -0.4 is 10.6 Å². The molecule has 0 aliphatic carbocycles. The monoisotopic (exact) mass is 348 g/mol. The number of allylic oxidation sites excluding steroid dienone is 1. The summed E-state index contributed by atoms with van der Waals surface area (Å²) in [5.74, 6) is -0.578. The number of carbonyl (C=O) groups excluding carboxylic acids is 1.